The Hall–Kier alpha value is -2.82. The second kappa shape index (κ2) is 6.96. The van der Waals surface area contributed by atoms with Crippen LogP contribution in [0.25, 0.3) is 0 Å². The molecule has 1 atom stereocenters. The molecule has 0 radical (unpaired) electrons. The van der Waals surface area contributed by atoms with Crippen molar-refractivity contribution in [1.82, 2.24) is 0 Å². The number of cyclic esters (lactones) is 1. The van der Waals surface area contributed by atoms with Crippen LogP contribution >= 0.6 is 0 Å². The van der Waals surface area contributed by atoms with E-state index in [9.17, 15) is 9.59 Å². The lowest BCUT2D eigenvalue weighted by molar-refractivity contribution is -0.145. The summed E-state index contributed by atoms with van der Waals surface area (Å²) in [6.45, 7) is 0.752. The maximum atomic E-state index is 12.0. The van der Waals surface area contributed by atoms with E-state index in [0.29, 0.717) is 30.9 Å². The first-order valence-electron chi connectivity index (χ1n) is 7.37. The summed E-state index contributed by atoms with van der Waals surface area (Å²) in [5.41, 5.74) is 1.44. The number of carbonyl (C=O) groups excluding carboxylic acids is 2. The van der Waals surface area contributed by atoms with Gasteiger partial charge in [0.25, 0.3) is 0 Å². The summed E-state index contributed by atoms with van der Waals surface area (Å²) in [6, 6.07) is 16.4. The van der Waals surface area contributed by atoms with Crippen molar-refractivity contribution >= 4 is 11.9 Å². The maximum Gasteiger partial charge on any atom is 0.347 e. The van der Waals surface area contributed by atoms with Gasteiger partial charge in [-0.2, -0.15) is 0 Å². The van der Waals surface area contributed by atoms with E-state index in [-0.39, 0.29) is 0 Å². The molecule has 0 aromatic heterocycles. The van der Waals surface area contributed by atoms with Crippen LogP contribution in [0, 0.1) is 0 Å². The molecule has 23 heavy (non-hydrogen) atoms. The Labute approximate surface area is 133 Å². The molecular weight excluding hydrogens is 296 g/mol. The molecule has 2 aromatic rings. The van der Waals surface area contributed by atoms with Crippen LogP contribution in [0.3, 0.4) is 0 Å². The van der Waals surface area contributed by atoms with Gasteiger partial charge >= 0.3 is 11.9 Å². The van der Waals surface area contributed by atoms with Gasteiger partial charge < -0.3 is 14.2 Å². The van der Waals surface area contributed by atoms with Crippen LogP contribution < -0.4 is 4.74 Å². The van der Waals surface area contributed by atoms with Gasteiger partial charge in [0, 0.05) is 6.42 Å². The van der Waals surface area contributed by atoms with Gasteiger partial charge in [-0.1, -0.05) is 30.3 Å². The van der Waals surface area contributed by atoms with Crippen molar-refractivity contribution in [2.45, 2.75) is 19.1 Å². The fraction of sp³-hybridized carbons (Fsp3) is 0.222. The number of hydrogen-bond acceptors (Lipinski definition) is 5. The zero-order valence-corrected chi connectivity index (χ0v) is 12.4. The molecule has 3 rings (SSSR count). The Balaban J connectivity index is 1.56. The van der Waals surface area contributed by atoms with Crippen molar-refractivity contribution in [3.8, 4) is 5.75 Å². The lowest BCUT2D eigenvalue weighted by atomic mass is 10.2. The Morgan fingerprint density at radius 3 is 2.48 bits per heavy atom. The van der Waals surface area contributed by atoms with Gasteiger partial charge in [0.2, 0.25) is 6.10 Å². The number of esters is 2. The lowest BCUT2D eigenvalue weighted by Gasteiger charge is -2.09. The normalized spacial score (nSPS) is 16.7. The van der Waals surface area contributed by atoms with Gasteiger partial charge in [0.05, 0.1) is 12.2 Å². The first kappa shape index (κ1) is 15.1. The van der Waals surface area contributed by atoms with Crippen molar-refractivity contribution < 1.29 is 23.8 Å². The summed E-state index contributed by atoms with van der Waals surface area (Å²) >= 11 is 0. The number of benzene rings is 2. The standard InChI is InChI=1S/C18H16O5/c19-17(23-16-10-11-21-18(16)20)14-6-8-15(9-7-14)22-12-13-4-2-1-3-5-13/h1-9,16H,10-12H2. The molecule has 0 amide bonds. The van der Waals surface area contributed by atoms with E-state index in [1.165, 1.54) is 0 Å². The maximum absolute atomic E-state index is 12.0. The number of rotatable bonds is 5. The molecule has 1 heterocycles. The summed E-state index contributed by atoms with van der Waals surface area (Å²) < 4.78 is 15.5. The fourth-order valence-electron chi connectivity index (χ4n) is 2.21. The van der Waals surface area contributed by atoms with Crippen LogP contribution in [0.4, 0.5) is 0 Å². The average Bonchev–Trinajstić information content (AvgIpc) is 2.99. The third kappa shape index (κ3) is 3.88. The molecule has 1 aliphatic rings. The molecule has 0 N–H and O–H groups in total. The van der Waals surface area contributed by atoms with Gasteiger partial charge in [-0.05, 0) is 29.8 Å². The molecular formula is C18H16O5. The summed E-state index contributed by atoms with van der Waals surface area (Å²) in [4.78, 5) is 23.3. The number of hydrogen-bond donors (Lipinski definition) is 0. The number of ether oxygens (including phenoxy) is 3. The second-order valence-corrected chi connectivity index (χ2v) is 5.15. The minimum Gasteiger partial charge on any atom is -0.489 e. The topological polar surface area (TPSA) is 61.8 Å². The van der Waals surface area contributed by atoms with Crippen LogP contribution in [-0.2, 0) is 20.9 Å². The van der Waals surface area contributed by atoms with Crippen LogP contribution in [0.5, 0.6) is 5.75 Å². The van der Waals surface area contributed by atoms with Gasteiger partial charge in [-0.15, -0.1) is 0 Å². The molecule has 1 aliphatic heterocycles. The molecule has 1 unspecified atom stereocenters. The van der Waals surface area contributed by atoms with E-state index in [0.717, 1.165) is 5.56 Å². The molecule has 0 spiro atoms. The molecule has 0 saturated carbocycles. The predicted octanol–water partition coefficient (Wildman–Crippen LogP) is 2.74. The van der Waals surface area contributed by atoms with E-state index < -0.39 is 18.0 Å². The van der Waals surface area contributed by atoms with Crippen LogP contribution in [0.1, 0.15) is 22.3 Å². The highest BCUT2D eigenvalue weighted by Crippen LogP contribution is 2.17. The predicted molar refractivity (Wildman–Crippen MR) is 82.0 cm³/mol. The first-order valence-corrected chi connectivity index (χ1v) is 7.37. The van der Waals surface area contributed by atoms with E-state index in [4.69, 9.17) is 14.2 Å². The van der Waals surface area contributed by atoms with Crippen molar-refractivity contribution in [3.05, 3.63) is 65.7 Å². The third-order valence-electron chi connectivity index (χ3n) is 3.47. The molecule has 1 fully saturated rings. The Kier molecular flexibility index (Phi) is 4.57. The fourth-order valence-corrected chi connectivity index (χ4v) is 2.21. The molecule has 0 bridgehead atoms. The lowest BCUT2D eigenvalue weighted by Crippen LogP contribution is -2.22. The molecule has 118 valence electrons. The summed E-state index contributed by atoms with van der Waals surface area (Å²) in [7, 11) is 0. The molecule has 2 aromatic carbocycles. The van der Waals surface area contributed by atoms with Crippen molar-refractivity contribution in [1.29, 1.82) is 0 Å². The van der Waals surface area contributed by atoms with Crippen molar-refractivity contribution in [2.75, 3.05) is 6.61 Å². The highest BCUT2D eigenvalue weighted by molar-refractivity contribution is 5.91. The van der Waals surface area contributed by atoms with E-state index in [1.54, 1.807) is 24.3 Å². The Bertz CT molecular complexity index is 678. The van der Waals surface area contributed by atoms with Crippen LogP contribution in [-0.4, -0.2) is 24.6 Å². The third-order valence-corrected chi connectivity index (χ3v) is 3.47. The van der Waals surface area contributed by atoms with Crippen molar-refractivity contribution in [3.63, 3.8) is 0 Å². The highest BCUT2D eigenvalue weighted by atomic mass is 16.6. The molecule has 5 heteroatoms. The highest BCUT2D eigenvalue weighted by Gasteiger charge is 2.30. The van der Waals surface area contributed by atoms with Gasteiger partial charge in [0.15, 0.2) is 0 Å². The largest absolute Gasteiger partial charge is 0.489 e. The average molecular weight is 312 g/mol. The summed E-state index contributed by atoms with van der Waals surface area (Å²) in [6.07, 6.45) is -0.389. The summed E-state index contributed by atoms with van der Waals surface area (Å²) in [5, 5.41) is 0. The second-order valence-electron chi connectivity index (χ2n) is 5.15. The molecule has 0 aliphatic carbocycles. The first-order chi connectivity index (χ1) is 11.2. The zero-order valence-electron chi connectivity index (χ0n) is 12.4. The Morgan fingerprint density at radius 1 is 1.09 bits per heavy atom. The quantitative estimate of drug-likeness (QED) is 0.794. The van der Waals surface area contributed by atoms with E-state index in [1.807, 2.05) is 30.3 Å². The van der Waals surface area contributed by atoms with Gasteiger partial charge in [-0.25, -0.2) is 9.59 Å². The summed E-state index contributed by atoms with van der Waals surface area (Å²) in [5.74, 6) is -0.365. The van der Waals surface area contributed by atoms with Gasteiger partial charge in [-0.3, -0.25) is 0 Å². The molecule has 1 saturated heterocycles. The van der Waals surface area contributed by atoms with Crippen LogP contribution in [0.2, 0.25) is 0 Å². The number of carbonyl (C=O) groups is 2. The van der Waals surface area contributed by atoms with E-state index in [2.05, 4.69) is 0 Å². The molecule has 5 nitrogen and oxygen atoms in total. The van der Waals surface area contributed by atoms with E-state index >= 15 is 0 Å². The van der Waals surface area contributed by atoms with Crippen LogP contribution in [0.15, 0.2) is 54.6 Å². The van der Waals surface area contributed by atoms with Gasteiger partial charge in [0.1, 0.15) is 12.4 Å². The SMILES string of the molecule is O=C(OC1CCOC1=O)c1ccc(OCc2ccccc2)cc1. The zero-order chi connectivity index (χ0) is 16.1. The van der Waals surface area contributed by atoms with Crippen molar-refractivity contribution in [2.24, 2.45) is 0 Å². The minimum absolute atomic E-state index is 0.295. The Morgan fingerprint density at radius 2 is 1.83 bits per heavy atom. The smallest absolute Gasteiger partial charge is 0.347 e. The minimum atomic E-state index is -0.795. The monoisotopic (exact) mass is 312 g/mol.